The predicted octanol–water partition coefficient (Wildman–Crippen LogP) is 2.03. The number of hydrogen-bond acceptors (Lipinski definition) is 5. The van der Waals surface area contributed by atoms with E-state index < -0.39 is 4.92 Å². The van der Waals surface area contributed by atoms with Gasteiger partial charge in [-0.15, -0.1) is 12.4 Å². The van der Waals surface area contributed by atoms with Crippen molar-refractivity contribution < 1.29 is 14.4 Å². The molecule has 0 spiro atoms. The highest BCUT2D eigenvalue weighted by molar-refractivity contribution is 5.85. The molecule has 1 fully saturated rings. The zero-order valence-corrected chi connectivity index (χ0v) is 11.4. The van der Waals surface area contributed by atoms with Crippen LogP contribution in [0.1, 0.15) is 18.4 Å². The van der Waals surface area contributed by atoms with Crippen LogP contribution in [0.25, 0.3) is 0 Å². The van der Waals surface area contributed by atoms with Crippen LogP contribution in [0.4, 0.5) is 5.69 Å². The number of halogens is 1. The predicted molar refractivity (Wildman–Crippen MR) is 72.7 cm³/mol. The van der Waals surface area contributed by atoms with Crippen molar-refractivity contribution in [3.63, 3.8) is 0 Å². The van der Waals surface area contributed by atoms with Crippen molar-refractivity contribution in [3.8, 4) is 5.75 Å². The lowest BCUT2D eigenvalue weighted by Gasteiger charge is -2.32. The molecule has 0 saturated heterocycles. The van der Waals surface area contributed by atoms with Crippen molar-refractivity contribution in [3.05, 3.63) is 33.9 Å². The number of nitrogens with zero attached hydrogens (tertiary/aromatic N) is 1. The fourth-order valence-corrected chi connectivity index (χ4v) is 1.92. The number of nitro benzene ring substituents is 1. The van der Waals surface area contributed by atoms with Crippen LogP contribution in [-0.2, 0) is 11.3 Å². The van der Waals surface area contributed by atoms with Crippen LogP contribution < -0.4 is 10.5 Å². The number of hydrogen-bond donors (Lipinski definition) is 1. The zero-order chi connectivity index (χ0) is 13.1. The molecule has 0 heterocycles. The van der Waals surface area contributed by atoms with Crippen molar-refractivity contribution in [2.75, 3.05) is 7.11 Å². The summed E-state index contributed by atoms with van der Waals surface area (Å²) in [5, 5.41) is 10.8. The minimum atomic E-state index is -0.457. The van der Waals surface area contributed by atoms with Gasteiger partial charge in [0.25, 0.3) is 0 Å². The third-order valence-electron chi connectivity index (χ3n) is 3.06. The second-order valence-corrected chi connectivity index (χ2v) is 4.43. The molecule has 1 aliphatic carbocycles. The number of ether oxygens (including phenoxy) is 2. The lowest BCUT2D eigenvalue weighted by atomic mass is 9.90. The van der Waals surface area contributed by atoms with Gasteiger partial charge in [-0.3, -0.25) is 10.1 Å². The van der Waals surface area contributed by atoms with Crippen LogP contribution in [-0.4, -0.2) is 24.2 Å². The molecule has 1 saturated carbocycles. The Hall–Kier alpha value is -1.37. The van der Waals surface area contributed by atoms with Crippen molar-refractivity contribution in [1.29, 1.82) is 0 Å². The van der Waals surface area contributed by atoms with E-state index in [0.717, 1.165) is 18.4 Å². The van der Waals surface area contributed by atoms with Gasteiger partial charge in [0.2, 0.25) is 0 Å². The van der Waals surface area contributed by atoms with Gasteiger partial charge in [-0.2, -0.15) is 0 Å². The Balaban J connectivity index is 0.00000180. The highest BCUT2D eigenvalue weighted by Gasteiger charge is 2.26. The minimum absolute atomic E-state index is 0. The molecule has 7 heteroatoms. The third kappa shape index (κ3) is 3.79. The Morgan fingerprint density at radius 3 is 2.68 bits per heavy atom. The molecular weight excluding hydrogens is 272 g/mol. The van der Waals surface area contributed by atoms with Gasteiger partial charge >= 0.3 is 5.69 Å². The maximum atomic E-state index is 10.8. The highest BCUT2D eigenvalue weighted by Crippen LogP contribution is 2.29. The Bertz CT molecular complexity index is 449. The molecule has 6 nitrogen and oxygen atoms in total. The molecule has 1 aromatic rings. The van der Waals surface area contributed by atoms with Crippen LogP contribution >= 0.6 is 12.4 Å². The number of methoxy groups -OCH3 is 1. The lowest BCUT2D eigenvalue weighted by molar-refractivity contribution is -0.385. The summed E-state index contributed by atoms with van der Waals surface area (Å²) in [4.78, 5) is 10.4. The lowest BCUT2D eigenvalue weighted by Crippen LogP contribution is -2.41. The standard InChI is InChI=1S/C12H16N2O4.ClH/c1-17-12-3-2-8(4-11(12)14(15)16)7-18-10-5-9(13)6-10;/h2-4,9-10H,5-7,13H2,1H3;1H/t9-,10+;. The van der Waals surface area contributed by atoms with Gasteiger partial charge in [-0.25, -0.2) is 0 Å². The van der Waals surface area contributed by atoms with E-state index >= 15 is 0 Å². The summed E-state index contributed by atoms with van der Waals surface area (Å²) in [6.45, 7) is 0.363. The van der Waals surface area contributed by atoms with Gasteiger partial charge in [0.15, 0.2) is 5.75 Å². The molecule has 0 atom stereocenters. The van der Waals surface area contributed by atoms with E-state index in [2.05, 4.69) is 0 Å². The molecule has 0 unspecified atom stereocenters. The van der Waals surface area contributed by atoms with E-state index in [9.17, 15) is 10.1 Å². The second-order valence-electron chi connectivity index (χ2n) is 4.43. The monoisotopic (exact) mass is 288 g/mol. The van der Waals surface area contributed by atoms with Gasteiger partial charge in [-0.1, -0.05) is 6.07 Å². The highest BCUT2D eigenvalue weighted by atomic mass is 35.5. The molecule has 0 bridgehead atoms. The quantitative estimate of drug-likeness (QED) is 0.661. The number of nitrogens with two attached hydrogens (primary N) is 1. The first kappa shape index (κ1) is 15.7. The van der Waals surface area contributed by atoms with E-state index in [-0.39, 0.29) is 36.0 Å². The van der Waals surface area contributed by atoms with Gasteiger partial charge in [-0.05, 0) is 24.5 Å². The zero-order valence-electron chi connectivity index (χ0n) is 10.6. The second kappa shape index (κ2) is 6.70. The summed E-state index contributed by atoms with van der Waals surface area (Å²) in [5.41, 5.74) is 6.38. The van der Waals surface area contributed by atoms with Crippen LogP contribution in [0.15, 0.2) is 18.2 Å². The van der Waals surface area contributed by atoms with E-state index in [1.54, 1.807) is 12.1 Å². The van der Waals surface area contributed by atoms with E-state index in [0.29, 0.717) is 6.61 Å². The smallest absolute Gasteiger partial charge is 0.311 e. The largest absolute Gasteiger partial charge is 0.490 e. The number of rotatable bonds is 5. The van der Waals surface area contributed by atoms with Crippen molar-refractivity contribution in [2.24, 2.45) is 5.73 Å². The van der Waals surface area contributed by atoms with Gasteiger partial charge in [0.1, 0.15) is 0 Å². The summed E-state index contributed by atoms with van der Waals surface area (Å²) >= 11 is 0. The molecule has 0 radical (unpaired) electrons. The van der Waals surface area contributed by atoms with Gasteiger partial charge in [0, 0.05) is 12.1 Å². The molecule has 0 amide bonds. The first-order valence-electron chi connectivity index (χ1n) is 5.78. The Morgan fingerprint density at radius 2 is 2.16 bits per heavy atom. The Morgan fingerprint density at radius 1 is 1.47 bits per heavy atom. The molecule has 2 rings (SSSR count). The molecular formula is C12H17ClN2O4. The van der Waals surface area contributed by atoms with Crippen LogP contribution in [0, 0.1) is 10.1 Å². The van der Waals surface area contributed by atoms with E-state index in [1.165, 1.54) is 13.2 Å². The maximum Gasteiger partial charge on any atom is 0.311 e. The summed E-state index contributed by atoms with van der Waals surface area (Å²) < 4.78 is 10.5. The molecule has 0 aliphatic heterocycles. The number of benzene rings is 1. The molecule has 0 aromatic heterocycles. The molecule has 1 aliphatic rings. The van der Waals surface area contributed by atoms with Gasteiger partial charge < -0.3 is 15.2 Å². The molecule has 1 aromatic carbocycles. The fraction of sp³-hybridized carbons (Fsp3) is 0.500. The first-order valence-corrected chi connectivity index (χ1v) is 5.78. The summed E-state index contributed by atoms with van der Waals surface area (Å²) in [7, 11) is 1.41. The molecule has 19 heavy (non-hydrogen) atoms. The average molecular weight is 289 g/mol. The van der Waals surface area contributed by atoms with Gasteiger partial charge in [0.05, 0.1) is 24.7 Å². The van der Waals surface area contributed by atoms with Crippen LogP contribution in [0.3, 0.4) is 0 Å². The van der Waals surface area contributed by atoms with Crippen molar-refractivity contribution in [2.45, 2.75) is 31.6 Å². The normalized spacial score (nSPS) is 21.2. The first-order chi connectivity index (χ1) is 8.60. The molecule has 106 valence electrons. The van der Waals surface area contributed by atoms with E-state index in [4.69, 9.17) is 15.2 Å². The summed E-state index contributed by atoms with van der Waals surface area (Å²) in [6.07, 6.45) is 1.90. The van der Waals surface area contributed by atoms with Crippen LogP contribution in [0.2, 0.25) is 0 Å². The van der Waals surface area contributed by atoms with E-state index in [1.807, 2.05) is 0 Å². The summed E-state index contributed by atoms with van der Waals surface area (Å²) in [6, 6.07) is 5.07. The Labute approximate surface area is 117 Å². The number of nitro groups is 1. The van der Waals surface area contributed by atoms with Crippen LogP contribution in [0.5, 0.6) is 5.75 Å². The SMILES string of the molecule is COc1ccc(CO[C@H]2C[C@@H](N)C2)cc1[N+](=O)[O-].Cl. The minimum Gasteiger partial charge on any atom is -0.490 e. The van der Waals surface area contributed by atoms with Crippen molar-refractivity contribution in [1.82, 2.24) is 0 Å². The third-order valence-corrected chi connectivity index (χ3v) is 3.06. The topological polar surface area (TPSA) is 87.6 Å². The molecule has 2 N–H and O–H groups in total. The average Bonchev–Trinajstić information content (AvgIpc) is 2.32. The van der Waals surface area contributed by atoms with Crippen molar-refractivity contribution >= 4 is 18.1 Å². The maximum absolute atomic E-state index is 10.8. The fourth-order valence-electron chi connectivity index (χ4n) is 1.92. The Kier molecular flexibility index (Phi) is 5.53. The summed E-state index contributed by atoms with van der Waals surface area (Å²) in [5.74, 6) is 0.259.